The first-order valence-corrected chi connectivity index (χ1v) is 5.19. The topological polar surface area (TPSA) is 83.0 Å². The van der Waals surface area contributed by atoms with E-state index in [1.807, 2.05) is 0 Å². The molecule has 0 atom stereocenters. The van der Waals surface area contributed by atoms with Crippen LogP contribution in [0.25, 0.3) is 0 Å². The summed E-state index contributed by atoms with van der Waals surface area (Å²) in [6.45, 7) is 0. The lowest BCUT2D eigenvalue weighted by Gasteiger charge is -2.03. The predicted octanol–water partition coefficient (Wildman–Crippen LogP) is 0.772. The van der Waals surface area contributed by atoms with Crippen LogP contribution in [-0.4, -0.2) is 27.3 Å². The number of carboxylic acids is 1. The molecule has 0 unspecified atom stereocenters. The summed E-state index contributed by atoms with van der Waals surface area (Å²) in [6, 6.07) is 0. The van der Waals surface area contributed by atoms with Crippen molar-refractivity contribution in [2.75, 3.05) is 6.26 Å². The van der Waals surface area contributed by atoms with Gasteiger partial charge in [0.2, 0.25) is 0 Å². The Morgan fingerprint density at radius 3 is 2.86 bits per heavy atom. The zero-order chi connectivity index (χ0) is 10.7. The number of hydrogen-bond donors (Lipinski definition) is 2. The van der Waals surface area contributed by atoms with Crippen molar-refractivity contribution in [1.29, 1.82) is 0 Å². The van der Waals surface area contributed by atoms with Gasteiger partial charge in [0.1, 0.15) is 5.03 Å². The molecule has 1 heterocycles. The highest BCUT2D eigenvalue weighted by molar-refractivity contribution is 7.98. The fourth-order valence-electron chi connectivity index (χ4n) is 0.891. The predicted molar refractivity (Wildman–Crippen MR) is 53.0 cm³/mol. The molecule has 1 rings (SSSR count). The Labute approximate surface area is 88.5 Å². The summed E-state index contributed by atoms with van der Waals surface area (Å²) in [5, 5.41) is 9.07. The summed E-state index contributed by atoms with van der Waals surface area (Å²) in [5.74, 6) is -1.05. The summed E-state index contributed by atoms with van der Waals surface area (Å²) in [6.07, 6.45) is 1.39. The number of rotatable bonds is 3. The van der Waals surface area contributed by atoms with Crippen LogP contribution in [0.2, 0.25) is 5.02 Å². The van der Waals surface area contributed by atoms with E-state index in [9.17, 15) is 9.59 Å². The lowest BCUT2D eigenvalue weighted by Crippen LogP contribution is -2.16. The number of nitrogens with zero attached hydrogens (tertiary/aromatic N) is 1. The molecule has 0 amide bonds. The molecule has 0 aliphatic carbocycles. The minimum absolute atomic E-state index is 0.184. The van der Waals surface area contributed by atoms with E-state index in [1.165, 1.54) is 11.8 Å². The molecule has 0 radical (unpaired) electrons. The number of aromatic nitrogens is 2. The third kappa shape index (κ3) is 2.49. The first-order valence-electron chi connectivity index (χ1n) is 3.59. The minimum Gasteiger partial charge on any atom is -0.481 e. The van der Waals surface area contributed by atoms with E-state index in [1.54, 1.807) is 6.26 Å². The average Bonchev–Trinajstić information content (AvgIpc) is 2.09. The zero-order valence-corrected chi connectivity index (χ0v) is 8.78. The van der Waals surface area contributed by atoms with E-state index in [-0.39, 0.29) is 17.1 Å². The van der Waals surface area contributed by atoms with Crippen molar-refractivity contribution in [3.63, 3.8) is 0 Å². The van der Waals surface area contributed by atoms with Crippen LogP contribution in [0.5, 0.6) is 0 Å². The smallest absolute Gasteiger partial charge is 0.346 e. The van der Waals surface area contributed by atoms with Gasteiger partial charge in [-0.3, -0.25) is 4.79 Å². The Morgan fingerprint density at radius 2 is 2.36 bits per heavy atom. The van der Waals surface area contributed by atoms with Gasteiger partial charge >= 0.3 is 11.7 Å². The number of halogens is 1. The molecule has 0 bridgehead atoms. The highest BCUT2D eigenvalue weighted by atomic mass is 35.5. The van der Waals surface area contributed by atoms with Gasteiger partial charge < -0.3 is 10.1 Å². The minimum atomic E-state index is -1.05. The average molecular weight is 235 g/mol. The molecule has 2 N–H and O–H groups in total. The molecule has 76 valence electrons. The SMILES string of the molecule is CSc1nc(=O)[nH]c(CC(=O)O)c1Cl. The second-order valence-corrected chi connectivity index (χ2v) is 3.59. The van der Waals surface area contributed by atoms with Crippen molar-refractivity contribution in [1.82, 2.24) is 9.97 Å². The molecule has 7 heteroatoms. The number of H-pyrrole nitrogens is 1. The maximum absolute atomic E-state index is 11.0. The third-order valence-electron chi connectivity index (χ3n) is 1.43. The van der Waals surface area contributed by atoms with Gasteiger partial charge in [0.05, 0.1) is 17.1 Å². The van der Waals surface area contributed by atoms with Gasteiger partial charge in [-0.25, -0.2) is 4.79 Å². The van der Waals surface area contributed by atoms with E-state index in [4.69, 9.17) is 16.7 Å². The number of hydrogen-bond acceptors (Lipinski definition) is 4. The lowest BCUT2D eigenvalue weighted by atomic mass is 10.3. The van der Waals surface area contributed by atoms with Gasteiger partial charge in [0.25, 0.3) is 0 Å². The van der Waals surface area contributed by atoms with Crippen molar-refractivity contribution in [2.45, 2.75) is 11.4 Å². The fourth-order valence-corrected chi connectivity index (χ4v) is 1.75. The van der Waals surface area contributed by atoms with Crippen molar-refractivity contribution < 1.29 is 9.90 Å². The second kappa shape index (κ2) is 4.47. The molecule has 14 heavy (non-hydrogen) atoms. The number of carbonyl (C=O) groups is 1. The number of nitrogens with one attached hydrogen (secondary N) is 1. The van der Waals surface area contributed by atoms with E-state index >= 15 is 0 Å². The highest BCUT2D eigenvalue weighted by Crippen LogP contribution is 2.23. The Morgan fingerprint density at radius 1 is 1.71 bits per heavy atom. The van der Waals surface area contributed by atoms with Crippen LogP contribution in [0.3, 0.4) is 0 Å². The van der Waals surface area contributed by atoms with Crippen LogP contribution in [0.4, 0.5) is 0 Å². The number of aliphatic carboxylic acids is 1. The van der Waals surface area contributed by atoms with Gasteiger partial charge in [-0.1, -0.05) is 11.6 Å². The van der Waals surface area contributed by atoms with Crippen LogP contribution in [-0.2, 0) is 11.2 Å². The summed E-state index contributed by atoms with van der Waals surface area (Å²) in [7, 11) is 0. The molecule has 0 saturated heterocycles. The van der Waals surface area contributed by atoms with Crippen molar-refractivity contribution >= 4 is 29.3 Å². The molecular formula is C7H7ClN2O3S. The van der Waals surface area contributed by atoms with Crippen LogP contribution in [0.1, 0.15) is 5.69 Å². The normalized spacial score (nSPS) is 10.1. The first-order chi connectivity index (χ1) is 6.54. The molecule has 0 spiro atoms. The second-order valence-electron chi connectivity index (χ2n) is 2.41. The maximum atomic E-state index is 11.0. The fraction of sp³-hybridized carbons (Fsp3) is 0.286. The Balaban J connectivity index is 3.22. The number of aromatic amines is 1. The molecule has 0 saturated carbocycles. The summed E-state index contributed by atoms with van der Waals surface area (Å²) >= 11 is 7.00. The van der Waals surface area contributed by atoms with E-state index in [2.05, 4.69) is 9.97 Å². The molecule has 1 aromatic rings. The van der Waals surface area contributed by atoms with Gasteiger partial charge in [-0.05, 0) is 6.26 Å². The van der Waals surface area contributed by atoms with E-state index in [0.717, 1.165) is 0 Å². The Kier molecular flexibility index (Phi) is 3.54. The quantitative estimate of drug-likeness (QED) is 0.596. The zero-order valence-electron chi connectivity index (χ0n) is 7.20. The maximum Gasteiger partial charge on any atom is 0.346 e. The number of carboxylic acid groups (broad SMARTS) is 1. The van der Waals surface area contributed by atoms with E-state index in [0.29, 0.717) is 5.03 Å². The summed E-state index contributed by atoms with van der Waals surface area (Å²) in [4.78, 5) is 27.3. The molecule has 1 aromatic heterocycles. The van der Waals surface area contributed by atoms with Crippen LogP contribution >= 0.6 is 23.4 Å². The molecule has 0 fully saturated rings. The number of thioether (sulfide) groups is 1. The van der Waals surface area contributed by atoms with Crippen LogP contribution in [0, 0.1) is 0 Å². The standard InChI is InChI=1S/C7H7ClN2O3S/c1-14-6-5(8)3(2-4(11)12)9-7(13)10-6/h2H2,1H3,(H,11,12)(H,9,10,13). The summed E-state index contributed by atoms with van der Waals surface area (Å²) in [5.41, 5.74) is -0.404. The van der Waals surface area contributed by atoms with Crippen LogP contribution in [0.15, 0.2) is 9.82 Å². The van der Waals surface area contributed by atoms with Crippen molar-refractivity contribution in [2.24, 2.45) is 0 Å². The molecule has 5 nitrogen and oxygen atoms in total. The molecule has 0 aliphatic rings. The molecule has 0 aromatic carbocycles. The Bertz CT molecular complexity index is 418. The van der Waals surface area contributed by atoms with E-state index < -0.39 is 11.7 Å². The van der Waals surface area contributed by atoms with Crippen molar-refractivity contribution in [3.05, 3.63) is 21.2 Å². The molecular weight excluding hydrogens is 228 g/mol. The van der Waals surface area contributed by atoms with Crippen LogP contribution < -0.4 is 5.69 Å². The summed E-state index contributed by atoms with van der Waals surface area (Å²) < 4.78 is 0. The monoisotopic (exact) mass is 234 g/mol. The van der Waals surface area contributed by atoms with Crippen molar-refractivity contribution in [3.8, 4) is 0 Å². The first kappa shape index (κ1) is 11.1. The lowest BCUT2D eigenvalue weighted by molar-refractivity contribution is -0.136. The van der Waals surface area contributed by atoms with Gasteiger partial charge in [-0.15, -0.1) is 11.8 Å². The largest absolute Gasteiger partial charge is 0.481 e. The van der Waals surface area contributed by atoms with Gasteiger partial charge in [0, 0.05) is 0 Å². The third-order valence-corrected chi connectivity index (χ3v) is 2.64. The van der Waals surface area contributed by atoms with Gasteiger partial charge in [-0.2, -0.15) is 4.98 Å². The highest BCUT2D eigenvalue weighted by Gasteiger charge is 2.11. The Hall–Kier alpha value is -1.01. The van der Waals surface area contributed by atoms with Gasteiger partial charge in [0.15, 0.2) is 0 Å². The molecule has 0 aliphatic heterocycles.